The van der Waals surface area contributed by atoms with E-state index >= 15 is 0 Å². The fourth-order valence-electron chi connectivity index (χ4n) is 2.89. The number of carbonyl (C=O) groups is 2. The smallest absolute Gasteiger partial charge is 0.243 e. The molecule has 0 saturated carbocycles. The molecule has 2 aromatic carbocycles. The molecular formula is C19H21N3O4S. The topological polar surface area (TPSA) is 95.6 Å². The van der Waals surface area contributed by atoms with Crippen LogP contribution in [0.1, 0.15) is 17.5 Å². The summed E-state index contributed by atoms with van der Waals surface area (Å²) in [4.78, 5) is 23.8. The molecule has 2 aromatic rings. The van der Waals surface area contributed by atoms with Crippen LogP contribution >= 0.6 is 0 Å². The van der Waals surface area contributed by atoms with Gasteiger partial charge in [0.15, 0.2) is 0 Å². The summed E-state index contributed by atoms with van der Waals surface area (Å²) in [5.41, 5.74) is 2.95. The Morgan fingerprint density at radius 2 is 1.93 bits per heavy atom. The zero-order chi connectivity index (χ0) is 19.6. The minimum absolute atomic E-state index is 0.0805. The molecule has 0 fully saturated rings. The third-order valence-electron chi connectivity index (χ3n) is 4.47. The molecule has 1 aliphatic rings. The first-order valence-corrected chi connectivity index (χ1v) is 9.96. The van der Waals surface area contributed by atoms with Crippen LogP contribution in [0.5, 0.6) is 0 Å². The minimum atomic E-state index is -3.82. The van der Waals surface area contributed by atoms with Crippen LogP contribution in [0.4, 0.5) is 11.4 Å². The van der Waals surface area contributed by atoms with Crippen molar-refractivity contribution in [3.63, 3.8) is 0 Å². The highest BCUT2D eigenvalue weighted by Gasteiger charge is 2.25. The van der Waals surface area contributed by atoms with Gasteiger partial charge >= 0.3 is 0 Å². The lowest BCUT2D eigenvalue weighted by Crippen LogP contribution is -2.35. The molecular weight excluding hydrogens is 366 g/mol. The second-order valence-corrected chi connectivity index (χ2v) is 8.54. The van der Waals surface area contributed by atoms with Crippen LogP contribution in [0.3, 0.4) is 0 Å². The van der Waals surface area contributed by atoms with Gasteiger partial charge in [-0.1, -0.05) is 18.2 Å². The summed E-state index contributed by atoms with van der Waals surface area (Å²) >= 11 is 0. The molecule has 2 amide bonds. The predicted octanol–water partition coefficient (Wildman–Crippen LogP) is 2.14. The summed E-state index contributed by atoms with van der Waals surface area (Å²) in [6, 6.07) is 11.9. The van der Waals surface area contributed by atoms with E-state index in [2.05, 4.69) is 10.6 Å². The van der Waals surface area contributed by atoms with Gasteiger partial charge in [0, 0.05) is 24.8 Å². The van der Waals surface area contributed by atoms with Gasteiger partial charge in [0.2, 0.25) is 21.8 Å². The summed E-state index contributed by atoms with van der Waals surface area (Å²) in [6.45, 7) is 1.56. The lowest BCUT2D eigenvalue weighted by atomic mass is 10.0. The van der Waals surface area contributed by atoms with Crippen molar-refractivity contribution in [2.45, 2.75) is 24.7 Å². The van der Waals surface area contributed by atoms with Gasteiger partial charge in [-0.05, 0) is 48.7 Å². The molecule has 0 radical (unpaired) electrons. The number of nitrogens with zero attached hydrogens (tertiary/aromatic N) is 1. The first kappa shape index (κ1) is 19.1. The van der Waals surface area contributed by atoms with E-state index in [1.807, 2.05) is 19.1 Å². The standard InChI is InChI=1S/C19H21N3O4S/c1-13-5-3-4-6-16(13)20-19(24)12-22(2)27(25,26)15-8-9-17-14(11-15)7-10-18(23)21-17/h3-6,8-9,11H,7,10,12H2,1-2H3,(H,20,24)(H,21,23). The van der Waals surface area contributed by atoms with Gasteiger partial charge in [0.05, 0.1) is 11.4 Å². The number of carbonyl (C=O) groups excluding carboxylic acids is 2. The highest BCUT2D eigenvalue weighted by atomic mass is 32.2. The fourth-order valence-corrected chi connectivity index (χ4v) is 4.07. The van der Waals surface area contributed by atoms with Crippen molar-refractivity contribution in [2.75, 3.05) is 24.2 Å². The number of aryl methyl sites for hydroxylation is 2. The average molecular weight is 387 g/mol. The predicted molar refractivity (Wildman–Crippen MR) is 103 cm³/mol. The van der Waals surface area contributed by atoms with E-state index in [9.17, 15) is 18.0 Å². The summed E-state index contributed by atoms with van der Waals surface area (Å²) in [6.07, 6.45) is 0.813. The lowest BCUT2D eigenvalue weighted by Gasteiger charge is -2.20. The SMILES string of the molecule is Cc1ccccc1NC(=O)CN(C)S(=O)(=O)c1ccc2c(c1)CCC(=O)N2. The molecule has 0 atom stereocenters. The number of amides is 2. The Morgan fingerprint density at radius 3 is 2.67 bits per heavy atom. The van der Waals surface area contributed by atoms with Gasteiger partial charge in [0.1, 0.15) is 0 Å². The van der Waals surface area contributed by atoms with Crippen LogP contribution in [-0.4, -0.2) is 38.1 Å². The lowest BCUT2D eigenvalue weighted by molar-refractivity contribution is -0.117. The van der Waals surface area contributed by atoms with Crippen LogP contribution in [0.15, 0.2) is 47.4 Å². The molecule has 0 aromatic heterocycles. The van der Waals surface area contributed by atoms with Gasteiger partial charge in [-0.2, -0.15) is 4.31 Å². The molecule has 0 spiro atoms. The fraction of sp³-hybridized carbons (Fsp3) is 0.263. The van der Waals surface area contributed by atoms with E-state index in [0.29, 0.717) is 24.2 Å². The number of para-hydroxylation sites is 1. The molecule has 0 bridgehead atoms. The Morgan fingerprint density at radius 1 is 1.19 bits per heavy atom. The molecule has 8 heteroatoms. The second-order valence-electron chi connectivity index (χ2n) is 6.49. The maximum absolute atomic E-state index is 12.8. The molecule has 2 N–H and O–H groups in total. The number of nitrogens with one attached hydrogen (secondary N) is 2. The van der Waals surface area contributed by atoms with Crippen molar-refractivity contribution in [1.82, 2.24) is 4.31 Å². The number of rotatable bonds is 5. The van der Waals surface area contributed by atoms with Crippen molar-refractivity contribution in [3.05, 3.63) is 53.6 Å². The Kier molecular flexibility index (Phi) is 5.29. The first-order chi connectivity index (χ1) is 12.8. The maximum Gasteiger partial charge on any atom is 0.243 e. The zero-order valence-corrected chi connectivity index (χ0v) is 16.0. The molecule has 27 heavy (non-hydrogen) atoms. The Bertz CT molecular complexity index is 1000. The molecule has 0 aliphatic carbocycles. The molecule has 0 unspecified atom stereocenters. The molecule has 1 heterocycles. The number of anilines is 2. The first-order valence-electron chi connectivity index (χ1n) is 8.52. The quantitative estimate of drug-likeness (QED) is 0.822. The minimum Gasteiger partial charge on any atom is -0.326 e. The maximum atomic E-state index is 12.8. The Balaban J connectivity index is 1.74. The number of benzene rings is 2. The second kappa shape index (κ2) is 7.50. The molecule has 1 aliphatic heterocycles. The largest absolute Gasteiger partial charge is 0.326 e. The summed E-state index contributed by atoms with van der Waals surface area (Å²) in [5.74, 6) is -0.497. The Hall–Kier alpha value is -2.71. The summed E-state index contributed by atoms with van der Waals surface area (Å²) in [5, 5.41) is 5.45. The summed E-state index contributed by atoms with van der Waals surface area (Å²) < 4.78 is 26.6. The van der Waals surface area contributed by atoms with Gasteiger partial charge in [-0.3, -0.25) is 9.59 Å². The van der Waals surface area contributed by atoms with Crippen LogP contribution in [0.25, 0.3) is 0 Å². The van der Waals surface area contributed by atoms with Crippen LogP contribution < -0.4 is 10.6 Å². The molecule has 142 valence electrons. The van der Waals surface area contributed by atoms with Crippen molar-refractivity contribution in [2.24, 2.45) is 0 Å². The number of likely N-dealkylation sites (N-methyl/N-ethyl adjacent to an activating group) is 1. The highest BCUT2D eigenvalue weighted by molar-refractivity contribution is 7.89. The Labute approximate surface area is 158 Å². The van der Waals surface area contributed by atoms with Gasteiger partial charge in [-0.25, -0.2) is 8.42 Å². The van der Waals surface area contributed by atoms with E-state index < -0.39 is 15.9 Å². The van der Waals surface area contributed by atoms with Crippen molar-refractivity contribution >= 4 is 33.2 Å². The third-order valence-corrected chi connectivity index (χ3v) is 6.27. The van der Waals surface area contributed by atoms with Crippen molar-refractivity contribution < 1.29 is 18.0 Å². The third kappa shape index (κ3) is 4.17. The number of fused-ring (bicyclic) bond motifs is 1. The molecule has 7 nitrogen and oxygen atoms in total. The van der Waals surface area contributed by atoms with Crippen LogP contribution in [0.2, 0.25) is 0 Å². The normalized spacial score (nSPS) is 13.8. The summed E-state index contributed by atoms with van der Waals surface area (Å²) in [7, 11) is -2.45. The van der Waals surface area contributed by atoms with Crippen LogP contribution in [0, 0.1) is 6.92 Å². The monoisotopic (exact) mass is 387 g/mol. The zero-order valence-electron chi connectivity index (χ0n) is 15.2. The van der Waals surface area contributed by atoms with Gasteiger partial charge < -0.3 is 10.6 Å². The molecule has 3 rings (SSSR count). The van der Waals surface area contributed by atoms with E-state index in [1.165, 1.54) is 13.1 Å². The van der Waals surface area contributed by atoms with Crippen molar-refractivity contribution in [1.29, 1.82) is 0 Å². The number of sulfonamides is 1. The average Bonchev–Trinajstić information content (AvgIpc) is 2.63. The van der Waals surface area contributed by atoms with Gasteiger partial charge in [0.25, 0.3) is 0 Å². The van der Waals surface area contributed by atoms with E-state index in [4.69, 9.17) is 0 Å². The number of hydrogen-bond acceptors (Lipinski definition) is 4. The highest BCUT2D eigenvalue weighted by Crippen LogP contribution is 2.26. The van der Waals surface area contributed by atoms with Crippen molar-refractivity contribution in [3.8, 4) is 0 Å². The van der Waals surface area contributed by atoms with E-state index in [-0.39, 0.29) is 17.3 Å². The van der Waals surface area contributed by atoms with E-state index in [1.54, 1.807) is 24.3 Å². The van der Waals surface area contributed by atoms with Gasteiger partial charge in [-0.15, -0.1) is 0 Å². The van der Waals surface area contributed by atoms with E-state index in [0.717, 1.165) is 15.4 Å². The molecule has 0 saturated heterocycles. The van der Waals surface area contributed by atoms with Crippen LogP contribution in [-0.2, 0) is 26.0 Å². The number of hydrogen-bond donors (Lipinski definition) is 2.